The Morgan fingerprint density at radius 1 is 1.10 bits per heavy atom. The minimum Gasteiger partial charge on any atom is -0.388 e. The number of halogens is 2. The van der Waals surface area contributed by atoms with Crippen LogP contribution in [0.1, 0.15) is 48.9 Å². The van der Waals surface area contributed by atoms with Gasteiger partial charge in [0.25, 0.3) is 5.91 Å². The lowest BCUT2D eigenvalue weighted by Gasteiger charge is -2.26. The first-order valence-corrected chi connectivity index (χ1v) is 6.95. The molecule has 1 fully saturated rings. The van der Waals surface area contributed by atoms with Crippen molar-refractivity contribution in [3.05, 3.63) is 35.4 Å². The molecule has 2 rings (SSSR count). The molecule has 1 saturated carbocycles. The summed E-state index contributed by atoms with van der Waals surface area (Å²) in [6, 6.07) is 2.68. The van der Waals surface area contributed by atoms with Crippen molar-refractivity contribution in [1.82, 2.24) is 5.32 Å². The number of amides is 1. The number of rotatable bonds is 3. The maximum Gasteiger partial charge on any atom is 0.251 e. The quantitative estimate of drug-likeness (QED) is 0.838. The molecule has 0 atom stereocenters. The third kappa shape index (κ3) is 4.00. The summed E-state index contributed by atoms with van der Waals surface area (Å²) >= 11 is 0. The van der Waals surface area contributed by atoms with Gasteiger partial charge in [0.15, 0.2) is 0 Å². The largest absolute Gasteiger partial charge is 0.388 e. The van der Waals surface area contributed by atoms with E-state index < -0.39 is 23.1 Å². The van der Waals surface area contributed by atoms with E-state index in [1.165, 1.54) is 0 Å². The number of aliphatic hydroxyl groups is 1. The normalized spacial score (nSPS) is 18.4. The molecule has 20 heavy (non-hydrogen) atoms. The standard InChI is InChI=1S/C15H19F2NO2/c16-12-7-11(8-13(17)9-12)14(19)18-10-15(20)5-3-1-2-4-6-15/h7-9,20H,1-6,10H2,(H,18,19). The Bertz CT molecular complexity index is 463. The lowest BCUT2D eigenvalue weighted by atomic mass is 9.94. The molecule has 1 amide bonds. The molecule has 0 bridgehead atoms. The van der Waals surface area contributed by atoms with Crippen LogP contribution < -0.4 is 5.32 Å². The average molecular weight is 283 g/mol. The van der Waals surface area contributed by atoms with Crippen molar-refractivity contribution in [1.29, 1.82) is 0 Å². The molecule has 0 radical (unpaired) electrons. The predicted octanol–water partition coefficient (Wildman–Crippen LogP) is 2.78. The fourth-order valence-electron chi connectivity index (χ4n) is 2.60. The fourth-order valence-corrected chi connectivity index (χ4v) is 2.60. The van der Waals surface area contributed by atoms with Gasteiger partial charge >= 0.3 is 0 Å². The van der Waals surface area contributed by atoms with Crippen LogP contribution in [-0.2, 0) is 0 Å². The van der Waals surface area contributed by atoms with Gasteiger partial charge in [-0.2, -0.15) is 0 Å². The Morgan fingerprint density at radius 2 is 1.65 bits per heavy atom. The van der Waals surface area contributed by atoms with E-state index in [9.17, 15) is 18.7 Å². The average Bonchev–Trinajstić information content (AvgIpc) is 2.60. The maximum atomic E-state index is 13.0. The Labute approximate surface area is 117 Å². The number of carbonyl (C=O) groups is 1. The van der Waals surface area contributed by atoms with Gasteiger partial charge in [-0.15, -0.1) is 0 Å². The van der Waals surface area contributed by atoms with E-state index in [0.717, 1.165) is 43.9 Å². The van der Waals surface area contributed by atoms with Crippen LogP contribution in [0.5, 0.6) is 0 Å². The third-order valence-electron chi connectivity index (χ3n) is 3.74. The zero-order valence-corrected chi connectivity index (χ0v) is 11.3. The van der Waals surface area contributed by atoms with E-state index in [1.54, 1.807) is 0 Å². The Kier molecular flexibility index (Phi) is 4.70. The van der Waals surface area contributed by atoms with Crippen LogP contribution >= 0.6 is 0 Å². The van der Waals surface area contributed by atoms with E-state index in [0.29, 0.717) is 12.8 Å². The Hall–Kier alpha value is -1.49. The van der Waals surface area contributed by atoms with Gasteiger partial charge in [0.1, 0.15) is 11.6 Å². The molecule has 1 aromatic carbocycles. The summed E-state index contributed by atoms with van der Waals surface area (Å²) in [5.74, 6) is -2.15. The van der Waals surface area contributed by atoms with Crippen LogP contribution in [-0.4, -0.2) is 23.2 Å². The maximum absolute atomic E-state index is 13.0. The van der Waals surface area contributed by atoms with Gasteiger partial charge in [-0.05, 0) is 25.0 Å². The van der Waals surface area contributed by atoms with Crippen LogP contribution in [0.4, 0.5) is 8.78 Å². The molecule has 2 N–H and O–H groups in total. The van der Waals surface area contributed by atoms with E-state index in [1.807, 2.05) is 0 Å². The highest BCUT2D eigenvalue weighted by Crippen LogP contribution is 2.26. The number of hydrogen-bond acceptors (Lipinski definition) is 2. The molecule has 0 aromatic heterocycles. The lowest BCUT2D eigenvalue weighted by molar-refractivity contribution is 0.0246. The van der Waals surface area contributed by atoms with Gasteiger partial charge in [0.05, 0.1) is 5.60 Å². The lowest BCUT2D eigenvalue weighted by Crippen LogP contribution is -2.42. The second-order valence-electron chi connectivity index (χ2n) is 5.48. The molecule has 3 nitrogen and oxygen atoms in total. The predicted molar refractivity (Wildman–Crippen MR) is 71.3 cm³/mol. The number of carbonyl (C=O) groups excluding carboxylic acids is 1. The van der Waals surface area contributed by atoms with E-state index in [-0.39, 0.29) is 12.1 Å². The van der Waals surface area contributed by atoms with Crippen molar-refractivity contribution >= 4 is 5.91 Å². The minimum atomic E-state index is -0.905. The Morgan fingerprint density at radius 3 is 2.20 bits per heavy atom. The summed E-state index contributed by atoms with van der Waals surface area (Å²) in [5, 5.41) is 13.0. The third-order valence-corrected chi connectivity index (χ3v) is 3.74. The van der Waals surface area contributed by atoms with Gasteiger partial charge in [-0.25, -0.2) is 8.78 Å². The van der Waals surface area contributed by atoms with E-state index >= 15 is 0 Å². The van der Waals surface area contributed by atoms with E-state index in [2.05, 4.69) is 5.32 Å². The summed E-state index contributed by atoms with van der Waals surface area (Å²) in [7, 11) is 0. The van der Waals surface area contributed by atoms with Gasteiger partial charge < -0.3 is 10.4 Å². The summed E-state index contributed by atoms with van der Waals surface area (Å²) in [6.45, 7) is 0.115. The molecule has 0 aliphatic heterocycles. The molecule has 110 valence electrons. The topological polar surface area (TPSA) is 49.3 Å². The van der Waals surface area contributed by atoms with E-state index in [4.69, 9.17) is 0 Å². The summed E-state index contributed by atoms with van der Waals surface area (Å²) in [4.78, 5) is 11.9. The van der Waals surface area contributed by atoms with Gasteiger partial charge in [0, 0.05) is 18.2 Å². The summed E-state index contributed by atoms with van der Waals surface area (Å²) in [6.07, 6.45) is 5.33. The van der Waals surface area contributed by atoms with Gasteiger partial charge in [0.2, 0.25) is 0 Å². The van der Waals surface area contributed by atoms with Crippen molar-refractivity contribution in [2.45, 2.75) is 44.1 Å². The van der Waals surface area contributed by atoms with Gasteiger partial charge in [-0.1, -0.05) is 25.7 Å². The monoisotopic (exact) mass is 283 g/mol. The highest BCUT2D eigenvalue weighted by Gasteiger charge is 2.28. The zero-order valence-electron chi connectivity index (χ0n) is 11.3. The van der Waals surface area contributed by atoms with Crippen LogP contribution in [0.2, 0.25) is 0 Å². The molecule has 0 saturated heterocycles. The molecule has 5 heteroatoms. The van der Waals surface area contributed by atoms with Crippen LogP contribution in [0.3, 0.4) is 0 Å². The van der Waals surface area contributed by atoms with Crippen molar-refractivity contribution in [2.75, 3.05) is 6.54 Å². The molecule has 1 aromatic rings. The number of nitrogens with one attached hydrogen (secondary N) is 1. The van der Waals surface area contributed by atoms with Gasteiger partial charge in [-0.3, -0.25) is 4.79 Å². The molecule has 1 aliphatic carbocycles. The highest BCUT2D eigenvalue weighted by atomic mass is 19.1. The SMILES string of the molecule is O=C(NCC1(O)CCCCCC1)c1cc(F)cc(F)c1. The Balaban J connectivity index is 1.97. The molecular weight excluding hydrogens is 264 g/mol. The molecule has 1 aliphatic rings. The van der Waals surface area contributed by atoms with Crippen molar-refractivity contribution in [2.24, 2.45) is 0 Å². The smallest absolute Gasteiger partial charge is 0.251 e. The van der Waals surface area contributed by atoms with Crippen molar-refractivity contribution in [3.8, 4) is 0 Å². The number of hydrogen-bond donors (Lipinski definition) is 2. The highest BCUT2D eigenvalue weighted by molar-refractivity contribution is 5.94. The van der Waals surface area contributed by atoms with Crippen LogP contribution in [0.25, 0.3) is 0 Å². The van der Waals surface area contributed by atoms with Crippen molar-refractivity contribution in [3.63, 3.8) is 0 Å². The van der Waals surface area contributed by atoms with Crippen LogP contribution in [0, 0.1) is 11.6 Å². The van der Waals surface area contributed by atoms with Crippen LogP contribution in [0.15, 0.2) is 18.2 Å². The first-order valence-electron chi connectivity index (χ1n) is 6.95. The molecular formula is C15H19F2NO2. The summed E-state index contributed by atoms with van der Waals surface area (Å²) in [5.41, 5.74) is -0.974. The molecule has 0 spiro atoms. The second kappa shape index (κ2) is 6.31. The van der Waals surface area contributed by atoms with Crippen molar-refractivity contribution < 1.29 is 18.7 Å². The molecule has 0 unspecified atom stereocenters. The zero-order chi connectivity index (χ0) is 14.6. The second-order valence-corrected chi connectivity index (χ2v) is 5.48. The summed E-state index contributed by atoms with van der Waals surface area (Å²) < 4.78 is 26.1. The number of benzene rings is 1. The first kappa shape index (κ1) is 14.9. The fraction of sp³-hybridized carbons (Fsp3) is 0.533. The first-order chi connectivity index (χ1) is 9.48. The molecule has 0 heterocycles. The minimum absolute atomic E-state index is 0.0697.